The molecule has 1 nitrogen and oxygen atoms in total. The van der Waals surface area contributed by atoms with Crippen molar-refractivity contribution in [1.29, 1.82) is 0 Å². The molecule has 0 fully saturated rings. The van der Waals surface area contributed by atoms with Gasteiger partial charge in [-0.25, -0.2) is 0 Å². The smallest absolute Gasteiger partial charge is 0.0651 e. The maximum Gasteiger partial charge on any atom is 0.0651 e. The van der Waals surface area contributed by atoms with Crippen LogP contribution in [-0.4, -0.2) is 20.0 Å². The minimum absolute atomic E-state index is 0.723. The predicted molar refractivity (Wildman–Crippen MR) is 34.5 cm³/mol. The molecule has 0 aromatic carbocycles. The van der Waals surface area contributed by atoms with E-state index in [0.717, 1.165) is 6.61 Å². The van der Waals surface area contributed by atoms with E-state index in [1.807, 2.05) is 17.7 Å². The first-order valence-electron chi connectivity index (χ1n) is 2.08. The molecule has 0 aliphatic carbocycles. The molecule has 0 spiro atoms. The van der Waals surface area contributed by atoms with E-state index < -0.39 is 0 Å². The molecular weight excluding hydrogens is 108 g/mol. The number of hydrogen-bond donors (Lipinski definition) is 0. The van der Waals surface area contributed by atoms with Crippen molar-refractivity contribution in [2.24, 2.45) is 0 Å². The average molecular weight is 118 g/mol. The first kappa shape index (κ1) is 7.05. The Hall–Kier alpha value is 0.0500. The fourth-order valence-electron chi connectivity index (χ4n) is 0.232. The summed E-state index contributed by atoms with van der Waals surface area (Å²) < 4.78 is 4.74. The molecule has 0 atom stereocenters. The Morgan fingerprint density at radius 1 is 1.71 bits per heavy atom. The maximum atomic E-state index is 4.74. The summed E-state index contributed by atoms with van der Waals surface area (Å²) in [6, 6.07) is 0. The molecule has 0 saturated heterocycles. The maximum absolute atomic E-state index is 4.74. The predicted octanol–water partition coefficient (Wildman–Crippen LogP) is 1.51. The Morgan fingerprint density at radius 2 is 2.43 bits per heavy atom. The molecule has 0 heterocycles. The van der Waals surface area contributed by atoms with Crippen LogP contribution in [0, 0.1) is 0 Å². The van der Waals surface area contributed by atoms with E-state index >= 15 is 0 Å². The Balaban J connectivity index is 2.78. The summed E-state index contributed by atoms with van der Waals surface area (Å²) >= 11 is 1.68. The van der Waals surface area contributed by atoms with Crippen LogP contribution in [0.3, 0.4) is 0 Å². The molecule has 0 rings (SSSR count). The van der Waals surface area contributed by atoms with Crippen LogP contribution >= 0.6 is 11.8 Å². The Morgan fingerprint density at radius 3 is 2.86 bits per heavy atom. The van der Waals surface area contributed by atoms with Crippen molar-refractivity contribution in [1.82, 2.24) is 0 Å². The summed E-state index contributed by atoms with van der Waals surface area (Å²) in [6.45, 7) is 0.723. The summed E-state index contributed by atoms with van der Waals surface area (Å²) in [5.41, 5.74) is 0. The van der Waals surface area contributed by atoms with Gasteiger partial charge in [-0.15, -0.1) is 11.8 Å². The highest BCUT2D eigenvalue weighted by atomic mass is 32.2. The van der Waals surface area contributed by atoms with Crippen molar-refractivity contribution in [2.45, 2.75) is 0 Å². The van der Waals surface area contributed by atoms with Crippen molar-refractivity contribution in [3.8, 4) is 0 Å². The highest BCUT2D eigenvalue weighted by Crippen LogP contribution is 1.91. The molecule has 0 amide bonds. The first-order chi connectivity index (χ1) is 3.41. The lowest BCUT2D eigenvalue weighted by Gasteiger charge is -1.83. The van der Waals surface area contributed by atoms with Crippen LogP contribution in [0.1, 0.15) is 0 Å². The highest BCUT2D eigenvalue weighted by molar-refractivity contribution is 8.01. The second-order valence-electron chi connectivity index (χ2n) is 1.06. The lowest BCUT2D eigenvalue weighted by molar-refractivity contribution is 0.234. The number of methoxy groups -OCH3 is 1. The van der Waals surface area contributed by atoms with Crippen molar-refractivity contribution in [3.63, 3.8) is 0 Å². The molecule has 0 aromatic rings. The van der Waals surface area contributed by atoms with Crippen LogP contribution in [0.5, 0.6) is 0 Å². The molecule has 7 heavy (non-hydrogen) atoms. The standard InChI is InChI=1S/C5H10OS/c1-6-4-3-5-7-2/h3,5H,4H2,1-2H3/b5-3+. The fourth-order valence-corrected chi connectivity index (χ4v) is 0.503. The molecule has 0 radical (unpaired) electrons. The molecule has 0 aliphatic rings. The van der Waals surface area contributed by atoms with Crippen LogP contribution in [0.2, 0.25) is 0 Å². The SMILES string of the molecule is COC/C=C/SC. The summed E-state index contributed by atoms with van der Waals surface area (Å²) in [6.07, 6.45) is 4.00. The molecule has 2 heteroatoms. The van der Waals surface area contributed by atoms with Crippen LogP contribution in [-0.2, 0) is 4.74 Å². The Bertz CT molecular complexity index is 52.0. The second kappa shape index (κ2) is 6.05. The van der Waals surface area contributed by atoms with Gasteiger partial charge in [0.25, 0.3) is 0 Å². The average Bonchev–Trinajstić information content (AvgIpc) is 1.69. The Kier molecular flexibility index (Phi) is 6.09. The van der Waals surface area contributed by atoms with Gasteiger partial charge in [-0.1, -0.05) is 6.08 Å². The number of hydrogen-bond acceptors (Lipinski definition) is 2. The third-order valence-electron chi connectivity index (χ3n) is 0.495. The summed E-state index contributed by atoms with van der Waals surface area (Å²) in [5.74, 6) is 0. The molecular formula is C5H10OS. The number of thioether (sulfide) groups is 1. The van der Waals surface area contributed by atoms with Gasteiger partial charge in [0.1, 0.15) is 0 Å². The molecule has 0 unspecified atom stereocenters. The minimum Gasteiger partial charge on any atom is -0.381 e. The zero-order valence-corrected chi connectivity index (χ0v) is 5.49. The van der Waals surface area contributed by atoms with Gasteiger partial charge in [-0.3, -0.25) is 0 Å². The van der Waals surface area contributed by atoms with Crippen LogP contribution in [0.4, 0.5) is 0 Å². The molecule has 0 aromatic heterocycles. The first-order valence-corrected chi connectivity index (χ1v) is 3.37. The lowest BCUT2D eigenvalue weighted by atomic mass is 10.7. The van der Waals surface area contributed by atoms with Gasteiger partial charge in [0.15, 0.2) is 0 Å². The normalized spacial score (nSPS) is 10.6. The van der Waals surface area contributed by atoms with E-state index in [2.05, 4.69) is 0 Å². The van der Waals surface area contributed by atoms with Crippen molar-refractivity contribution < 1.29 is 4.74 Å². The third kappa shape index (κ3) is 6.05. The Labute approximate surface area is 48.7 Å². The van der Waals surface area contributed by atoms with E-state index in [9.17, 15) is 0 Å². The van der Waals surface area contributed by atoms with Gasteiger partial charge in [-0.2, -0.15) is 0 Å². The molecule has 0 aliphatic heterocycles. The number of rotatable bonds is 3. The van der Waals surface area contributed by atoms with Gasteiger partial charge in [0.2, 0.25) is 0 Å². The highest BCUT2D eigenvalue weighted by Gasteiger charge is 1.66. The third-order valence-corrected chi connectivity index (χ3v) is 0.960. The van der Waals surface area contributed by atoms with Crippen LogP contribution in [0.25, 0.3) is 0 Å². The quantitative estimate of drug-likeness (QED) is 0.555. The van der Waals surface area contributed by atoms with Gasteiger partial charge in [0, 0.05) is 7.11 Å². The van der Waals surface area contributed by atoms with E-state index in [4.69, 9.17) is 4.74 Å². The lowest BCUT2D eigenvalue weighted by Crippen LogP contribution is -1.77. The molecule has 42 valence electrons. The van der Waals surface area contributed by atoms with Gasteiger partial charge in [0.05, 0.1) is 6.61 Å². The van der Waals surface area contributed by atoms with E-state index in [1.165, 1.54) is 0 Å². The van der Waals surface area contributed by atoms with Crippen LogP contribution < -0.4 is 0 Å². The summed E-state index contributed by atoms with van der Waals surface area (Å²) in [4.78, 5) is 0. The largest absolute Gasteiger partial charge is 0.381 e. The topological polar surface area (TPSA) is 9.23 Å². The molecule has 0 bridgehead atoms. The monoisotopic (exact) mass is 118 g/mol. The van der Waals surface area contributed by atoms with Crippen molar-refractivity contribution in [2.75, 3.05) is 20.0 Å². The minimum atomic E-state index is 0.723. The fraction of sp³-hybridized carbons (Fsp3) is 0.600. The van der Waals surface area contributed by atoms with E-state index in [-0.39, 0.29) is 0 Å². The zero-order chi connectivity index (χ0) is 5.54. The number of ether oxygens (including phenoxy) is 1. The van der Waals surface area contributed by atoms with E-state index in [0.29, 0.717) is 0 Å². The van der Waals surface area contributed by atoms with E-state index in [1.54, 1.807) is 18.9 Å². The van der Waals surface area contributed by atoms with Crippen molar-refractivity contribution >= 4 is 11.8 Å². The summed E-state index contributed by atoms with van der Waals surface area (Å²) in [5, 5.41) is 2.00. The van der Waals surface area contributed by atoms with Crippen LogP contribution in [0.15, 0.2) is 11.5 Å². The molecule has 0 N–H and O–H groups in total. The van der Waals surface area contributed by atoms with Gasteiger partial charge >= 0.3 is 0 Å². The molecule has 0 saturated carbocycles. The second-order valence-corrected chi connectivity index (χ2v) is 1.81. The van der Waals surface area contributed by atoms with Gasteiger partial charge < -0.3 is 4.74 Å². The summed E-state index contributed by atoms with van der Waals surface area (Å²) in [7, 11) is 1.69. The zero-order valence-electron chi connectivity index (χ0n) is 4.68. The van der Waals surface area contributed by atoms with Crippen molar-refractivity contribution in [3.05, 3.63) is 11.5 Å². The van der Waals surface area contributed by atoms with Gasteiger partial charge in [-0.05, 0) is 11.7 Å².